The van der Waals surface area contributed by atoms with E-state index in [-0.39, 0.29) is 11.4 Å². The van der Waals surface area contributed by atoms with Gasteiger partial charge in [-0.3, -0.25) is 9.78 Å². The minimum Gasteiger partial charge on any atom is -0.493 e. The van der Waals surface area contributed by atoms with Crippen LogP contribution < -0.4 is 10.9 Å². The molecule has 3 rings (SSSR count). The molecule has 0 aliphatic heterocycles. The number of nitrogens with one attached hydrogen (secondary N) is 2. The summed E-state index contributed by atoms with van der Waals surface area (Å²) < 4.78 is 0. The van der Waals surface area contributed by atoms with Crippen molar-refractivity contribution in [1.29, 1.82) is 0 Å². The van der Waals surface area contributed by atoms with Crippen LogP contribution >= 0.6 is 11.8 Å². The van der Waals surface area contributed by atoms with Crippen LogP contribution in [-0.2, 0) is 18.7 Å². The maximum absolute atomic E-state index is 12.3. The van der Waals surface area contributed by atoms with E-state index in [1.165, 1.54) is 17.3 Å². The number of anilines is 1. The Bertz CT molecular complexity index is 1020. The number of hydrogen-bond donors (Lipinski definition) is 3. The predicted molar refractivity (Wildman–Crippen MR) is 122 cm³/mol. The summed E-state index contributed by atoms with van der Waals surface area (Å²) in [7, 11) is 4.14. The molecular weight excluding hydrogens is 398 g/mol. The zero-order chi connectivity index (χ0) is 21.3. The van der Waals surface area contributed by atoms with Crippen molar-refractivity contribution < 1.29 is 5.11 Å². The van der Waals surface area contributed by atoms with Crippen molar-refractivity contribution in [2.45, 2.75) is 18.7 Å². The minimum absolute atomic E-state index is 0.0582. The molecule has 0 bridgehead atoms. The Balaban J connectivity index is 1.44. The van der Waals surface area contributed by atoms with E-state index in [0.29, 0.717) is 24.5 Å². The molecule has 158 valence electrons. The number of aromatic nitrogens is 3. The molecule has 7 nitrogen and oxygen atoms in total. The summed E-state index contributed by atoms with van der Waals surface area (Å²) in [5.74, 6) is 2.26. The Hall–Kier alpha value is -2.84. The molecular formula is C22H27N5O2S. The minimum atomic E-state index is -0.186. The summed E-state index contributed by atoms with van der Waals surface area (Å²) >= 11 is 1.84. The highest BCUT2D eigenvalue weighted by molar-refractivity contribution is 7.98. The molecule has 3 N–H and O–H groups in total. The largest absolute Gasteiger partial charge is 0.493 e. The first-order valence-electron chi connectivity index (χ1n) is 9.76. The second-order valence-corrected chi connectivity index (χ2v) is 8.43. The van der Waals surface area contributed by atoms with Gasteiger partial charge in [0.1, 0.15) is 0 Å². The number of H-pyrrole nitrogens is 1. The molecule has 0 fully saturated rings. The number of thioether (sulfide) groups is 1. The zero-order valence-corrected chi connectivity index (χ0v) is 18.1. The number of pyridine rings is 1. The Kier molecular flexibility index (Phi) is 7.87. The van der Waals surface area contributed by atoms with E-state index < -0.39 is 0 Å². The Labute approximate surface area is 180 Å². The molecule has 30 heavy (non-hydrogen) atoms. The fourth-order valence-corrected chi connectivity index (χ4v) is 3.85. The standard InChI is InChI=1S/C22H27N5O2S/c1-27(2)14-17-4-3-5-18(10-17)15-30-9-8-24-22-25-13-19(21(29)26-22)11-16-6-7-23-20(28)12-16/h3-7,10,12-13H,8-9,11,14-15H2,1-2H3,(H,23,28)(H2,24,25,26,29). The van der Waals surface area contributed by atoms with E-state index in [4.69, 9.17) is 0 Å². The third-order valence-electron chi connectivity index (χ3n) is 4.38. The molecule has 0 atom stereocenters. The highest BCUT2D eigenvalue weighted by Gasteiger charge is 2.05. The quantitative estimate of drug-likeness (QED) is 0.430. The third kappa shape index (κ3) is 6.89. The Morgan fingerprint density at radius 3 is 2.73 bits per heavy atom. The van der Waals surface area contributed by atoms with Crippen LogP contribution in [0, 0.1) is 0 Å². The van der Waals surface area contributed by atoms with Crippen LogP contribution in [0.3, 0.4) is 0 Å². The van der Waals surface area contributed by atoms with Gasteiger partial charge in [0.2, 0.25) is 11.8 Å². The summed E-state index contributed by atoms with van der Waals surface area (Å²) in [5, 5.41) is 12.6. The lowest BCUT2D eigenvalue weighted by molar-refractivity contribution is 0.402. The molecule has 0 spiro atoms. The van der Waals surface area contributed by atoms with Gasteiger partial charge in [0, 0.05) is 55.0 Å². The van der Waals surface area contributed by atoms with E-state index in [1.807, 2.05) is 11.8 Å². The smallest absolute Gasteiger partial charge is 0.255 e. The molecule has 0 saturated heterocycles. The third-order valence-corrected chi connectivity index (χ3v) is 5.41. The van der Waals surface area contributed by atoms with Crippen molar-refractivity contribution in [3.63, 3.8) is 0 Å². The van der Waals surface area contributed by atoms with E-state index in [2.05, 4.69) is 63.5 Å². The SMILES string of the molecule is CN(C)Cc1cccc(CSCCNc2ncc(Cc3ccnc(O)c3)c(=O)[nH]2)c1. The first kappa shape index (κ1) is 21.9. The van der Waals surface area contributed by atoms with E-state index in [9.17, 15) is 9.90 Å². The average Bonchev–Trinajstić information content (AvgIpc) is 2.69. The maximum Gasteiger partial charge on any atom is 0.255 e. The molecule has 0 unspecified atom stereocenters. The molecule has 1 aromatic carbocycles. The van der Waals surface area contributed by atoms with Gasteiger partial charge >= 0.3 is 0 Å². The van der Waals surface area contributed by atoms with Crippen LogP contribution in [0.25, 0.3) is 0 Å². The van der Waals surface area contributed by atoms with E-state index >= 15 is 0 Å². The lowest BCUT2D eigenvalue weighted by Gasteiger charge is -2.11. The van der Waals surface area contributed by atoms with Crippen LogP contribution in [0.4, 0.5) is 5.95 Å². The summed E-state index contributed by atoms with van der Waals surface area (Å²) in [6, 6.07) is 12.0. The zero-order valence-electron chi connectivity index (χ0n) is 17.3. The van der Waals surface area contributed by atoms with Crippen molar-refractivity contribution in [3.05, 3.63) is 81.4 Å². The second-order valence-electron chi connectivity index (χ2n) is 7.32. The fraction of sp³-hybridized carbons (Fsp3) is 0.318. The van der Waals surface area contributed by atoms with Gasteiger partial charge in [0.05, 0.1) is 0 Å². The van der Waals surface area contributed by atoms with Gasteiger partial charge in [-0.15, -0.1) is 0 Å². The first-order valence-corrected chi connectivity index (χ1v) is 10.9. The number of nitrogens with zero attached hydrogens (tertiary/aromatic N) is 3. The highest BCUT2D eigenvalue weighted by atomic mass is 32.2. The van der Waals surface area contributed by atoms with Gasteiger partial charge in [-0.25, -0.2) is 9.97 Å². The van der Waals surface area contributed by atoms with E-state index in [0.717, 1.165) is 23.6 Å². The normalized spacial score (nSPS) is 11.0. The number of benzene rings is 1. The predicted octanol–water partition coefficient (Wildman–Crippen LogP) is 2.87. The second kappa shape index (κ2) is 10.8. The summed E-state index contributed by atoms with van der Waals surface area (Å²) in [6.07, 6.45) is 3.47. The van der Waals surface area contributed by atoms with Gasteiger partial charge < -0.3 is 15.3 Å². The molecule has 3 aromatic rings. The molecule has 2 aromatic heterocycles. The van der Waals surface area contributed by atoms with Crippen LogP contribution in [0.15, 0.2) is 53.6 Å². The Morgan fingerprint density at radius 2 is 1.97 bits per heavy atom. The van der Waals surface area contributed by atoms with Crippen molar-refractivity contribution in [3.8, 4) is 5.88 Å². The summed E-state index contributed by atoms with van der Waals surface area (Å²) in [6.45, 7) is 1.65. The molecule has 0 aliphatic carbocycles. The number of aromatic amines is 1. The molecule has 0 radical (unpaired) electrons. The lowest BCUT2D eigenvalue weighted by Crippen LogP contribution is -2.18. The van der Waals surface area contributed by atoms with Gasteiger partial charge in [-0.1, -0.05) is 24.3 Å². The van der Waals surface area contributed by atoms with Crippen molar-refractivity contribution >= 4 is 17.7 Å². The molecule has 2 heterocycles. The maximum atomic E-state index is 12.3. The van der Waals surface area contributed by atoms with Gasteiger partial charge in [-0.05, 0) is 36.9 Å². The van der Waals surface area contributed by atoms with Crippen LogP contribution in [-0.4, -0.2) is 51.4 Å². The number of aromatic hydroxyl groups is 1. The monoisotopic (exact) mass is 425 g/mol. The fourth-order valence-electron chi connectivity index (χ4n) is 3.04. The van der Waals surface area contributed by atoms with Gasteiger partial charge in [0.15, 0.2) is 0 Å². The van der Waals surface area contributed by atoms with Gasteiger partial charge in [0.25, 0.3) is 5.56 Å². The van der Waals surface area contributed by atoms with Crippen LogP contribution in [0.2, 0.25) is 0 Å². The van der Waals surface area contributed by atoms with Crippen molar-refractivity contribution in [2.75, 3.05) is 31.7 Å². The van der Waals surface area contributed by atoms with Crippen molar-refractivity contribution in [2.24, 2.45) is 0 Å². The van der Waals surface area contributed by atoms with Gasteiger partial charge in [-0.2, -0.15) is 11.8 Å². The lowest BCUT2D eigenvalue weighted by atomic mass is 10.1. The number of hydrogen-bond acceptors (Lipinski definition) is 7. The van der Waals surface area contributed by atoms with Crippen LogP contribution in [0.5, 0.6) is 5.88 Å². The van der Waals surface area contributed by atoms with Crippen LogP contribution in [0.1, 0.15) is 22.3 Å². The Morgan fingerprint density at radius 1 is 1.13 bits per heavy atom. The number of rotatable bonds is 10. The van der Waals surface area contributed by atoms with E-state index in [1.54, 1.807) is 18.3 Å². The molecule has 8 heteroatoms. The molecule has 0 amide bonds. The molecule has 0 aliphatic rings. The first-order chi connectivity index (χ1) is 14.5. The topological polar surface area (TPSA) is 94.1 Å². The van der Waals surface area contributed by atoms with Crippen molar-refractivity contribution in [1.82, 2.24) is 19.9 Å². The molecule has 0 saturated carbocycles. The highest BCUT2D eigenvalue weighted by Crippen LogP contribution is 2.15. The summed E-state index contributed by atoms with van der Waals surface area (Å²) in [4.78, 5) is 25.3. The average molecular weight is 426 g/mol. The summed E-state index contributed by atoms with van der Waals surface area (Å²) in [5.41, 5.74) is 3.80.